The van der Waals surface area contributed by atoms with Crippen LogP contribution < -0.4 is 0 Å². The van der Waals surface area contributed by atoms with Crippen molar-refractivity contribution in [3.63, 3.8) is 0 Å². The average Bonchev–Trinajstić information content (AvgIpc) is 2.56. The summed E-state index contributed by atoms with van der Waals surface area (Å²) in [5, 5.41) is 29.5. The van der Waals surface area contributed by atoms with Gasteiger partial charge in [-0.25, -0.2) is 4.79 Å². The van der Waals surface area contributed by atoms with E-state index in [-0.39, 0.29) is 23.0 Å². The van der Waals surface area contributed by atoms with Gasteiger partial charge in [0.25, 0.3) is 0 Å². The molecule has 0 aliphatic heterocycles. The molecule has 0 amide bonds. The van der Waals surface area contributed by atoms with Gasteiger partial charge in [-0.2, -0.15) is 0 Å². The van der Waals surface area contributed by atoms with E-state index in [9.17, 15) is 24.9 Å². The summed E-state index contributed by atoms with van der Waals surface area (Å²) in [4.78, 5) is 23.5. The number of phenolic OH excluding ortho intramolecular Hbond substituents is 1. The SMILES string of the molecule is CC(C)=CCc1cc(C(=O)O)cc(CC[C@@H](C)C(=O)C=CC(C)(C)O)c1O. The van der Waals surface area contributed by atoms with E-state index in [1.165, 1.54) is 24.3 Å². The van der Waals surface area contributed by atoms with Crippen molar-refractivity contribution in [3.8, 4) is 5.75 Å². The van der Waals surface area contributed by atoms with Crippen LogP contribution in [0.15, 0.2) is 35.9 Å². The first kappa shape index (κ1) is 22.6. The maximum Gasteiger partial charge on any atom is 0.335 e. The second-order valence-corrected chi connectivity index (χ2v) is 7.76. The molecule has 0 bridgehead atoms. The molecule has 0 aromatic heterocycles. The molecular formula is C22H30O5. The number of allylic oxidation sites excluding steroid dienone is 3. The van der Waals surface area contributed by atoms with Crippen LogP contribution in [0.5, 0.6) is 5.75 Å². The zero-order chi connectivity index (χ0) is 20.8. The Morgan fingerprint density at radius 2 is 1.78 bits per heavy atom. The van der Waals surface area contributed by atoms with E-state index in [2.05, 4.69) is 0 Å². The number of aromatic hydroxyl groups is 1. The molecular weight excluding hydrogens is 344 g/mol. The third-order valence-corrected chi connectivity index (χ3v) is 4.23. The van der Waals surface area contributed by atoms with Gasteiger partial charge in [-0.05, 0) is 76.3 Å². The first-order valence-corrected chi connectivity index (χ1v) is 9.07. The third kappa shape index (κ3) is 7.79. The average molecular weight is 374 g/mol. The quantitative estimate of drug-likeness (QED) is 0.447. The molecule has 27 heavy (non-hydrogen) atoms. The topological polar surface area (TPSA) is 94.8 Å². The van der Waals surface area contributed by atoms with E-state index in [1.54, 1.807) is 20.8 Å². The second-order valence-electron chi connectivity index (χ2n) is 7.76. The van der Waals surface area contributed by atoms with Crippen LogP contribution in [0.25, 0.3) is 0 Å². The van der Waals surface area contributed by atoms with Gasteiger partial charge in [-0.3, -0.25) is 4.79 Å². The highest BCUT2D eigenvalue weighted by molar-refractivity contribution is 5.91. The predicted octanol–water partition coefficient (Wildman–Crippen LogP) is 4.06. The highest BCUT2D eigenvalue weighted by atomic mass is 16.4. The number of carboxylic acids is 1. The number of hydrogen-bond acceptors (Lipinski definition) is 4. The standard InChI is InChI=1S/C22H30O5/c1-14(2)6-8-16-12-18(21(25)26)13-17(20(16)24)9-7-15(3)19(23)10-11-22(4,5)27/h6,10-13,15,24,27H,7-9H2,1-5H3,(H,25,26)/t15-/m1/s1. The molecule has 0 saturated carbocycles. The number of aromatic carboxylic acids is 1. The summed E-state index contributed by atoms with van der Waals surface area (Å²) in [6, 6.07) is 2.95. The molecule has 1 aromatic carbocycles. The van der Waals surface area contributed by atoms with Crippen LogP contribution in [0.3, 0.4) is 0 Å². The lowest BCUT2D eigenvalue weighted by Gasteiger charge is -2.14. The third-order valence-electron chi connectivity index (χ3n) is 4.23. The molecule has 0 aliphatic rings. The predicted molar refractivity (Wildman–Crippen MR) is 106 cm³/mol. The van der Waals surface area contributed by atoms with Crippen LogP contribution in [0.1, 0.15) is 62.5 Å². The monoisotopic (exact) mass is 374 g/mol. The van der Waals surface area contributed by atoms with E-state index in [0.29, 0.717) is 30.4 Å². The summed E-state index contributed by atoms with van der Waals surface area (Å²) >= 11 is 0. The summed E-state index contributed by atoms with van der Waals surface area (Å²) in [7, 11) is 0. The molecule has 0 unspecified atom stereocenters. The molecule has 0 saturated heterocycles. The normalized spacial score (nSPS) is 12.8. The number of aliphatic hydroxyl groups is 1. The zero-order valence-electron chi connectivity index (χ0n) is 16.7. The Balaban J connectivity index is 2.98. The molecule has 0 spiro atoms. The zero-order valence-corrected chi connectivity index (χ0v) is 16.7. The summed E-state index contributed by atoms with van der Waals surface area (Å²) in [5.74, 6) is -1.38. The number of carbonyl (C=O) groups is 2. The van der Waals surface area contributed by atoms with Gasteiger partial charge in [-0.15, -0.1) is 0 Å². The Morgan fingerprint density at radius 3 is 2.30 bits per heavy atom. The van der Waals surface area contributed by atoms with Crippen LogP contribution in [0.2, 0.25) is 0 Å². The van der Waals surface area contributed by atoms with Crippen LogP contribution >= 0.6 is 0 Å². The lowest BCUT2D eigenvalue weighted by molar-refractivity contribution is -0.118. The largest absolute Gasteiger partial charge is 0.507 e. The molecule has 5 heteroatoms. The van der Waals surface area contributed by atoms with Crippen molar-refractivity contribution in [1.29, 1.82) is 0 Å². The first-order valence-electron chi connectivity index (χ1n) is 9.07. The molecule has 3 N–H and O–H groups in total. The second kappa shape index (κ2) is 9.51. The van der Waals surface area contributed by atoms with Crippen LogP contribution in [-0.4, -0.2) is 32.7 Å². The first-order chi connectivity index (χ1) is 12.4. The number of ketones is 1. The maximum absolute atomic E-state index is 12.2. The number of rotatable bonds is 9. The molecule has 0 heterocycles. The van der Waals surface area contributed by atoms with Gasteiger partial charge < -0.3 is 15.3 Å². The fourth-order valence-corrected chi connectivity index (χ4v) is 2.51. The van der Waals surface area contributed by atoms with Crippen molar-refractivity contribution in [3.05, 3.63) is 52.6 Å². The number of hydrogen-bond donors (Lipinski definition) is 3. The summed E-state index contributed by atoms with van der Waals surface area (Å²) in [6.45, 7) is 8.83. The lowest BCUT2D eigenvalue weighted by atomic mass is 9.93. The van der Waals surface area contributed by atoms with Gasteiger partial charge in [0.1, 0.15) is 5.75 Å². The number of aryl methyl sites for hydroxylation is 1. The van der Waals surface area contributed by atoms with E-state index in [0.717, 1.165) is 5.57 Å². The van der Waals surface area contributed by atoms with E-state index in [1.807, 2.05) is 19.9 Å². The van der Waals surface area contributed by atoms with Gasteiger partial charge in [0.2, 0.25) is 0 Å². The van der Waals surface area contributed by atoms with Crippen molar-refractivity contribution < 1.29 is 24.9 Å². The van der Waals surface area contributed by atoms with Gasteiger partial charge in [0.05, 0.1) is 11.2 Å². The molecule has 1 rings (SSSR count). The lowest BCUT2D eigenvalue weighted by Crippen LogP contribution is -2.16. The maximum atomic E-state index is 12.2. The summed E-state index contributed by atoms with van der Waals surface area (Å²) < 4.78 is 0. The number of benzene rings is 1. The molecule has 5 nitrogen and oxygen atoms in total. The summed E-state index contributed by atoms with van der Waals surface area (Å²) in [6.07, 6.45) is 6.05. The number of carbonyl (C=O) groups excluding carboxylic acids is 1. The Labute approximate surface area is 161 Å². The molecule has 0 fully saturated rings. The minimum Gasteiger partial charge on any atom is -0.507 e. The molecule has 148 valence electrons. The smallest absolute Gasteiger partial charge is 0.335 e. The van der Waals surface area contributed by atoms with Crippen LogP contribution in [-0.2, 0) is 17.6 Å². The highest BCUT2D eigenvalue weighted by Gasteiger charge is 2.17. The molecule has 1 atom stereocenters. The fraction of sp³-hybridized carbons (Fsp3) is 0.455. The van der Waals surface area contributed by atoms with Crippen molar-refractivity contribution in [1.82, 2.24) is 0 Å². The van der Waals surface area contributed by atoms with Gasteiger partial charge in [0.15, 0.2) is 5.78 Å². The highest BCUT2D eigenvalue weighted by Crippen LogP contribution is 2.28. The van der Waals surface area contributed by atoms with Crippen LogP contribution in [0, 0.1) is 5.92 Å². The Morgan fingerprint density at radius 1 is 1.19 bits per heavy atom. The van der Waals surface area contributed by atoms with E-state index in [4.69, 9.17) is 0 Å². The van der Waals surface area contributed by atoms with Crippen molar-refractivity contribution >= 4 is 11.8 Å². The van der Waals surface area contributed by atoms with Gasteiger partial charge >= 0.3 is 5.97 Å². The van der Waals surface area contributed by atoms with Gasteiger partial charge in [-0.1, -0.05) is 24.6 Å². The fourth-order valence-electron chi connectivity index (χ4n) is 2.51. The molecule has 0 radical (unpaired) electrons. The Hall–Kier alpha value is -2.40. The summed E-state index contributed by atoms with van der Waals surface area (Å²) in [5.41, 5.74) is 1.24. The van der Waals surface area contributed by atoms with Gasteiger partial charge in [0, 0.05) is 5.92 Å². The minimum atomic E-state index is -1.05. The minimum absolute atomic E-state index is 0.0872. The van der Waals surface area contributed by atoms with E-state index < -0.39 is 11.6 Å². The van der Waals surface area contributed by atoms with Crippen LogP contribution in [0.4, 0.5) is 0 Å². The number of carboxylic acid groups (broad SMARTS) is 1. The Bertz CT molecular complexity index is 747. The van der Waals surface area contributed by atoms with Crippen molar-refractivity contribution in [2.45, 2.75) is 59.5 Å². The van der Waals surface area contributed by atoms with Crippen molar-refractivity contribution in [2.24, 2.45) is 5.92 Å². The molecule has 0 aliphatic carbocycles. The van der Waals surface area contributed by atoms with Crippen molar-refractivity contribution in [2.75, 3.05) is 0 Å². The number of phenols is 1. The Kier molecular flexibility index (Phi) is 7.98. The van der Waals surface area contributed by atoms with E-state index >= 15 is 0 Å². The molecule has 1 aromatic rings.